The van der Waals surface area contributed by atoms with Gasteiger partial charge in [0, 0.05) is 4.88 Å². The number of thiophene rings is 1. The molecule has 0 bridgehead atoms. The molecule has 0 unspecified atom stereocenters. The summed E-state index contributed by atoms with van der Waals surface area (Å²) in [5, 5.41) is 1.94. The number of benzene rings is 2. The van der Waals surface area contributed by atoms with Crippen molar-refractivity contribution in [1.29, 1.82) is 0 Å². The molecule has 0 saturated heterocycles. The van der Waals surface area contributed by atoms with Crippen molar-refractivity contribution in [2.75, 3.05) is 0 Å². The van der Waals surface area contributed by atoms with Crippen LogP contribution in [0.3, 0.4) is 0 Å². The molecule has 1 aliphatic rings. The lowest BCUT2D eigenvalue weighted by molar-refractivity contribution is -0.140. The monoisotopic (exact) mass is 486 g/mol. The summed E-state index contributed by atoms with van der Waals surface area (Å²) in [7, 11) is 0. The summed E-state index contributed by atoms with van der Waals surface area (Å²) in [5.41, 5.74) is 3.81. The van der Waals surface area contributed by atoms with Gasteiger partial charge in [0.15, 0.2) is 4.80 Å². The summed E-state index contributed by atoms with van der Waals surface area (Å²) in [4.78, 5) is 33.0. The predicted molar refractivity (Wildman–Crippen MR) is 136 cm³/mol. The number of esters is 1. The maximum atomic E-state index is 13.6. The number of carbonyl (C=O) groups excluding carboxylic acids is 1. The van der Waals surface area contributed by atoms with Gasteiger partial charge < -0.3 is 4.74 Å². The fourth-order valence-electron chi connectivity index (χ4n) is 3.91. The van der Waals surface area contributed by atoms with Crippen LogP contribution in [-0.4, -0.2) is 10.5 Å². The number of hydrogen-bond acceptors (Lipinski definition) is 6. The van der Waals surface area contributed by atoms with Crippen molar-refractivity contribution < 1.29 is 9.53 Å². The molecule has 5 nitrogen and oxygen atoms in total. The van der Waals surface area contributed by atoms with Crippen LogP contribution in [0.5, 0.6) is 0 Å². The van der Waals surface area contributed by atoms with Gasteiger partial charge >= 0.3 is 5.97 Å². The molecule has 2 aromatic heterocycles. The molecule has 0 radical (unpaired) electrons. The van der Waals surface area contributed by atoms with Gasteiger partial charge in [0.2, 0.25) is 0 Å². The lowest BCUT2D eigenvalue weighted by Crippen LogP contribution is -2.39. The van der Waals surface area contributed by atoms with Crippen molar-refractivity contribution in [2.24, 2.45) is 4.99 Å². The number of rotatable bonds is 5. The Bertz CT molecular complexity index is 1540. The fraction of sp³-hybridized carbons (Fsp3) is 0.148. The smallest absolute Gasteiger partial charge is 0.338 e. The molecule has 0 amide bonds. The third-order valence-corrected chi connectivity index (χ3v) is 7.55. The number of ether oxygens (including phenoxy) is 1. The number of aryl methyl sites for hydroxylation is 1. The molecule has 7 heteroatoms. The zero-order chi connectivity index (χ0) is 23.7. The second kappa shape index (κ2) is 9.37. The zero-order valence-corrected chi connectivity index (χ0v) is 20.4. The molecule has 3 heterocycles. The molecule has 0 fully saturated rings. The van der Waals surface area contributed by atoms with Crippen molar-refractivity contribution in [3.05, 3.63) is 125 Å². The van der Waals surface area contributed by atoms with Gasteiger partial charge in [-0.1, -0.05) is 77.6 Å². The van der Waals surface area contributed by atoms with E-state index in [9.17, 15) is 9.59 Å². The Hall–Kier alpha value is -3.55. The average molecular weight is 487 g/mol. The summed E-state index contributed by atoms with van der Waals surface area (Å²) >= 11 is 2.84. The number of hydrogen-bond donors (Lipinski definition) is 0. The largest absolute Gasteiger partial charge is 0.457 e. The molecule has 0 aliphatic carbocycles. The highest BCUT2D eigenvalue weighted by Gasteiger charge is 2.34. The van der Waals surface area contributed by atoms with Crippen LogP contribution in [0.1, 0.15) is 34.5 Å². The van der Waals surface area contributed by atoms with Crippen molar-refractivity contribution in [1.82, 2.24) is 4.57 Å². The number of allylic oxidation sites excluding steroid dienone is 1. The zero-order valence-electron chi connectivity index (χ0n) is 18.7. The maximum Gasteiger partial charge on any atom is 0.338 e. The Morgan fingerprint density at radius 1 is 1.06 bits per heavy atom. The Morgan fingerprint density at radius 3 is 2.53 bits per heavy atom. The highest BCUT2D eigenvalue weighted by atomic mass is 32.1. The highest BCUT2D eigenvalue weighted by molar-refractivity contribution is 7.10. The first-order chi connectivity index (χ1) is 16.5. The number of carbonyl (C=O) groups is 1. The third-order valence-electron chi connectivity index (χ3n) is 5.64. The third kappa shape index (κ3) is 4.32. The van der Waals surface area contributed by atoms with E-state index in [0.717, 1.165) is 21.6 Å². The van der Waals surface area contributed by atoms with E-state index >= 15 is 0 Å². The standard InChI is InChI=1S/C27H22N2O3S2/c1-17-10-12-19(13-11-17)15-22-25(30)29-24(21-9-6-14-33-21)23(18(2)28-27(29)34-22)26(31)32-16-20-7-4-3-5-8-20/h3-15,24H,16H2,1-2H3/b22-15+/t24-/m0/s1. The number of thiazole rings is 1. The molecule has 2 aromatic carbocycles. The quantitative estimate of drug-likeness (QED) is 0.394. The van der Waals surface area contributed by atoms with Gasteiger partial charge in [-0.2, -0.15) is 0 Å². The lowest BCUT2D eigenvalue weighted by Gasteiger charge is -2.23. The van der Waals surface area contributed by atoms with Gasteiger partial charge in [0.25, 0.3) is 5.56 Å². The van der Waals surface area contributed by atoms with E-state index in [0.29, 0.717) is 20.6 Å². The predicted octanol–water partition coefficient (Wildman–Crippen LogP) is 4.35. The van der Waals surface area contributed by atoms with Gasteiger partial charge in [0.05, 0.1) is 15.8 Å². The SMILES string of the molecule is CC1=C(C(=O)OCc2ccccc2)[C@H](c2cccs2)n2c(s/c(=C/c3ccc(C)cc3)c2=O)=N1. The molecule has 1 atom stereocenters. The Labute approximate surface area is 204 Å². The molecule has 170 valence electrons. The Kier molecular flexibility index (Phi) is 6.13. The second-order valence-corrected chi connectivity index (χ2v) is 10.1. The maximum absolute atomic E-state index is 13.6. The first-order valence-electron chi connectivity index (χ1n) is 10.8. The molecular formula is C27H22N2O3S2. The summed E-state index contributed by atoms with van der Waals surface area (Å²) in [6, 6.07) is 20.8. The van der Waals surface area contributed by atoms with Crippen molar-refractivity contribution >= 4 is 34.7 Å². The molecule has 1 aliphatic heterocycles. The topological polar surface area (TPSA) is 60.7 Å². The van der Waals surface area contributed by atoms with Crippen molar-refractivity contribution in [3.63, 3.8) is 0 Å². The van der Waals surface area contributed by atoms with E-state index in [1.807, 2.05) is 85.1 Å². The number of fused-ring (bicyclic) bond motifs is 1. The minimum atomic E-state index is -0.570. The van der Waals surface area contributed by atoms with Gasteiger partial charge in [-0.25, -0.2) is 9.79 Å². The molecule has 0 saturated carbocycles. The Balaban J connectivity index is 1.58. The van der Waals surface area contributed by atoms with E-state index in [4.69, 9.17) is 4.74 Å². The number of nitrogens with zero attached hydrogens (tertiary/aromatic N) is 2. The van der Waals surface area contributed by atoms with E-state index in [1.54, 1.807) is 11.5 Å². The molecule has 0 N–H and O–H groups in total. The van der Waals surface area contributed by atoms with Gasteiger partial charge in [-0.05, 0) is 42.5 Å². The normalized spacial score (nSPS) is 15.7. The molecule has 34 heavy (non-hydrogen) atoms. The van der Waals surface area contributed by atoms with Gasteiger partial charge in [0.1, 0.15) is 12.6 Å². The number of aromatic nitrogens is 1. The van der Waals surface area contributed by atoms with Crippen LogP contribution in [0.15, 0.2) is 93.2 Å². The van der Waals surface area contributed by atoms with Crippen LogP contribution in [0, 0.1) is 6.92 Å². The van der Waals surface area contributed by atoms with Crippen LogP contribution >= 0.6 is 22.7 Å². The summed E-state index contributed by atoms with van der Waals surface area (Å²) < 4.78 is 7.87. The van der Waals surface area contributed by atoms with Crippen LogP contribution in [-0.2, 0) is 16.1 Å². The van der Waals surface area contributed by atoms with Crippen LogP contribution in [0.2, 0.25) is 0 Å². The van der Waals surface area contributed by atoms with Gasteiger partial charge in [-0.3, -0.25) is 9.36 Å². The minimum absolute atomic E-state index is 0.158. The Morgan fingerprint density at radius 2 is 1.82 bits per heavy atom. The van der Waals surface area contributed by atoms with Gasteiger partial charge in [-0.15, -0.1) is 11.3 Å². The van der Waals surface area contributed by atoms with Crippen LogP contribution < -0.4 is 14.9 Å². The first-order valence-corrected chi connectivity index (χ1v) is 12.5. The summed E-state index contributed by atoms with van der Waals surface area (Å²) in [5.74, 6) is -0.462. The van der Waals surface area contributed by atoms with E-state index < -0.39 is 12.0 Å². The van der Waals surface area contributed by atoms with Crippen LogP contribution in [0.4, 0.5) is 0 Å². The van der Waals surface area contributed by atoms with Crippen molar-refractivity contribution in [2.45, 2.75) is 26.5 Å². The first kappa shape index (κ1) is 22.3. The molecule has 4 aromatic rings. The molecule has 0 spiro atoms. The molecule has 5 rings (SSSR count). The van der Waals surface area contributed by atoms with Crippen LogP contribution in [0.25, 0.3) is 6.08 Å². The highest BCUT2D eigenvalue weighted by Crippen LogP contribution is 2.33. The summed E-state index contributed by atoms with van der Waals surface area (Å²) in [6.45, 7) is 3.99. The van der Waals surface area contributed by atoms with E-state index in [2.05, 4.69) is 4.99 Å². The van der Waals surface area contributed by atoms with E-state index in [1.165, 1.54) is 22.7 Å². The minimum Gasteiger partial charge on any atom is -0.457 e. The lowest BCUT2D eigenvalue weighted by atomic mass is 10.0. The summed E-state index contributed by atoms with van der Waals surface area (Å²) in [6.07, 6.45) is 1.88. The second-order valence-electron chi connectivity index (χ2n) is 8.07. The average Bonchev–Trinajstić information content (AvgIpc) is 3.47. The fourth-order valence-corrected chi connectivity index (χ4v) is 5.78. The molecular weight excluding hydrogens is 464 g/mol. The van der Waals surface area contributed by atoms with Crippen molar-refractivity contribution in [3.8, 4) is 0 Å². The van der Waals surface area contributed by atoms with E-state index in [-0.39, 0.29) is 12.2 Å².